The first kappa shape index (κ1) is 21.0. The Kier molecular flexibility index (Phi) is 6.64. The average Bonchev–Trinajstić information content (AvgIpc) is 2.74. The number of carbonyl (C=O) groups is 2. The van der Waals surface area contributed by atoms with E-state index in [1.807, 2.05) is 43.5 Å². The van der Waals surface area contributed by atoms with Crippen LogP contribution < -0.4 is 0 Å². The second-order valence-corrected chi connectivity index (χ2v) is 7.73. The van der Waals surface area contributed by atoms with Crippen molar-refractivity contribution in [3.05, 3.63) is 54.4 Å². The summed E-state index contributed by atoms with van der Waals surface area (Å²) < 4.78 is 6.10. The first-order chi connectivity index (χ1) is 13.9. The van der Waals surface area contributed by atoms with Gasteiger partial charge in [0, 0.05) is 45.9 Å². The number of ether oxygens (including phenoxy) is 1. The molecular formula is C23H29N3O3. The molecule has 2 aromatic rings. The van der Waals surface area contributed by atoms with Crippen LogP contribution in [0.2, 0.25) is 0 Å². The number of carbonyl (C=O) groups excluding carboxylic acids is 2. The predicted molar refractivity (Wildman–Crippen MR) is 112 cm³/mol. The van der Waals surface area contributed by atoms with Crippen molar-refractivity contribution in [3.8, 4) is 11.1 Å². The molecule has 6 nitrogen and oxygen atoms in total. The Hall–Kier alpha value is -2.73. The lowest BCUT2D eigenvalue weighted by Crippen LogP contribution is -2.61. The van der Waals surface area contributed by atoms with Gasteiger partial charge < -0.3 is 14.5 Å². The van der Waals surface area contributed by atoms with Crippen LogP contribution in [-0.2, 0) is 20.7 Å². The molecule has 0 radical (unpaired) electrons. The van der Waals surface area contributed by atoms with E-state index in [0.717, 1.165) is 23.1 Å². The molecule has 6 heteroatoms. The number of benzene rings is 1. The highest BCUT2D eigenvalue weighted by atomic mass is 16.5. The monoisotopic (exact) mass is 395 g/mol. The zero-order valence-electron chi connectivity index (χ0n) is 17.4. The molecule has 1 saturated heterocycles. The van der Waals surface area contributed by atoms with Crippen LogP contribution in [0.5, 0.6) is 0 Å². The van der Waals surface area contributed by atoms with Crippen LogP contribution >= 0.6 is 0 Å². The Morgan fingerprint density at radius 3 is 2.69 bits per heavy atom. The summed E-state index contributed by atoms with van der Waals surface area (Å²) in [5.74, 6) is -0.0332. The Morgan fingerprint density at radius 2 is 2.00 bits per heavy atom. The van der Waals surface area contributed by atoms with Gasteiger partial charge in [0.15, 0.2) is 5.60 Å². The molecule has 0 bridgehead atoms. The number of hydrogen-bond acceptors (Lipinski definition) is 4. The van der Waals surface area contributed by atoms with Crippen LogP contribution in [0.3, 0.4) is 0 Å². The lowest BCUT2D eigenvalue weighted by atomic mass is 9.89. The number of morpholine rings is 1. The third kappa shape index (κ3) is 4.82. The van der Waals surface area contributed by atoms with Crippen molar-refractivity contribution in [2.45, 2.75) is 31.8 Å². The maximum Gasteiger partial charge on any atom is 0.256 e. The van der Waals surface area contributed by atoms with Gasteiger partial charge in [0.05, 0.1) is 13.2 Å². The first-order valence-corrected chi connectivity index (χ1v) is 10.1. The fraction of sp³-hybridized carbons (Fsp3) is 0.435. The minimum absolute atomic E-state index is 0.0795. The van der Waals surface area contributed by atoms with E-state index in [-0.39, 0.29) is 18.4 Å². The van der Waals surface area contributed by atoms with Crippen LogP contribution in [0.1, 0.15) is 25.3 Å². The van der Waals surface area contributed by atoms with Crippen LogP contribution in [0.25, 0.3) is 11.1 Å². The summed E-state index contributed by atoms with van der Waals surface area (Å²) in [7, 11) is 3.46. The quantitative estimate of drug-likeness (QED) is 0.755. The second-order valence-electron chi connectivity index (χ2n) is 7.73. The van der Waals surface area contributed by atoms with Gasteiger partial charge in [-0.25, -0.2) is 0 Å². The molecule has 1 fully saturated rings. The van der Waals surface area contributed by atoms with Crippen molar-refractivity contribution in [1.29, 1.82) is 0 Å². The summed E-state index contributed by atoms with van der Waals surface area (Å²) in [5.41, 5.74) is 1.98. The largest absolute Gasteiger partial charge is 0.361 e. The summed E-state index contributed by atoms with van der Waals surface area (Å²) in [4.78, 5) is 33.2. The molecule has 2 heterocycles. The zero-order valence-corrected chi connectivity index (χ0v) is 17.4. The van der Waals surface area contributed by atoms with Crippen molar-refractivity contribution in [2.24, 2.45) is 0 Å². The Balaban J connectivity index is 1.90. The third-order valence-corrected chi connectivity index (χ3v) is 5.21. The fourth-order valence-electron chi connectivity index (χ4n) is 3.81. The molecule has 1 aliphatic rings. The number of aromatic nitrogens is 1. The molecular weight excluding hydrogens is 366 g/mol. The number of nitrogens with zero attached hydrogens (tertiary/aromatic N) is 3. The molecule has 154 valence electrons. The molecule has 0 unspecified atom stereocenters. The van der Waals surface area contributed by atoms with E-state index in [1.54, 1.807) is 30.1 Å². The molecule has 29 heavy (non-hydrogen) atoms. The Morgan fingerprint density at radius 1 is 1.21 bits per heavy atom. The number of hydrogen-bond donors (Lipinski definition) is 0. The van der Waals surface area contributed by atoms with Crippen molar-refractivity contribution in [3.63, 3.8) is 0 Å². The van der Waals surface area contributed by atoms with Gasteiger partial charge >= 0.3 is 0 Å². The summed E-state index contributed by atoms with van der Waals surface area (Å²) in [6.45, 7) is 3.15. The van der Waals surface area contributed by atoms with Crippen LogP contribution in [0, 0.1) is 0 Å². The third-order valence-electron chi connectivity index (χ3n) is 5.21. The molecule has 1 aliphatic heterocycles. The number of likely N-dealkylation sites (N-methyl/N-ethyl adjacent to an activating group) is 1. The average molecular weight is 396 g/mol. The lowest BCUT2D eigenvalue weighted by Gasteiger charge is -2.43. The van der Waals surface area contributed by atoms with Crippen molar-refractivity contribution >= 4 is 11.8 Å². The maximum absolute atomic E-state index is 13.2. The van der Waals surface area contributed by atoms with E-state index in [2.05, 4.69) is 11.1 Å². The summed E-state index contributed by atoms with van der Waals surface area (Å²) in [6.07, 6.45) is 5.26. The van der Waals surface area contributed by atoms with Gasteiger partial charge in [-0.15, -0.1) is 0 Å². The van der Waals surface area contributed by atoms with E-state index >= 15 is 0 Å². The second kappa shape index (κ2) is 9.18. The molecule has 0 N–H and O–H groups in total. The minimum atomic E-state index is -1.07. The van der Waals surface area contributed by atoms with E-state index < -0.39 is 5.60 Å². The highest BCUT2D eigenvalue weighted by Crippen LogP contribution is 2.28. The van der Waals surface area contributed by atoms with E-state index in [4.69, 9.17) is 4.74 Å². The first-order valence-electron chi connectivity index (χ1n) is 10.1. The van der Waals surface area contributed by atoms with Gasteiger partial charge in [-0.2, -0.15) is 0 Å². The topological polar surface area (TPSA) is 62.7 Å². The van der Waals surface area contributed by atoms with E-state index in [9.17, 15) is 9.59 Å². The molecule has 2 amide bonds. The van der Waals surface area contributed by atoms with Gasteiger partial charge in [-0.05, 0) is 29.2 Å². The molecule has 0 aliphatic carbocycles. The van der Waals surface area contributed by atoms with Gasteiger partial charge in [0.1, 0.15) is 0 Å². The van der Waals surface area contributed by atoms with Gasteiger partial charge in [0.25, 0.3) is 5.91 Å². The van der Waals surface area contributed by atoms with Crippen LogP contribution in [0.4, 0.5) is 0 Å². The molecule has 3 rings (SSSR count). The zero-order chi connectivity index (χ0) is 20.9. The fourth-order valence-corrected chi connectivity index (χ4v) is 3.81. The molecule has 1 aromatic heterocycles. The molecule has 1 aromatic carbocycles. The van der Waals surface area contributed by atoms with E-state index in [1.165, 1.54) is 0 Å². The SMILES string of the molecule is CCCC(=O)N1CCO[C@](Cc2cccc(-c3cccnc3)c2)(C(=O)N(C)C)C1. The maximum atomic E-state index is 13.2. The molecule has 1 atom stereocenters. The summed E-state index contributed by atoms with van der Waals surface area (Å²) in [6, 6.07) is 12.0. The number of rotatable bonds is 6. The highest BCUT2D eigenvalue weighted by Gasteiger charge is 2.45. The van der Waals surface area contributed by atoms with Crippen LogP contribution in [-0.4, -0.2) is 66.0 Å². The Bertz CT molecular complexity index is 853. The smallest absolute Gasteiger partial charge is 0.256 e. The number of pyridine rings is 1. The minimum Gasteiger partial charge on any atom is -0.361 e. The van der Waals surface area contributed by atoms with Crippen LogP contribution in [0.15, 0.2) is 48.8 Å². The van der Waals surface area contributed by atoms with E-state index in [0.29, 0.717) is 26.0 Å². The highest BCUT2D eigenvalue weighted by molar-refractivity contribution is 5.87. The van der Waals surface area contributed by atoms with Gasteiger partial charge in [0.2, 0.25) is 5.91 Å². The van der Waals surface area contributed by atoms with Gasteiger partial charge in [-0.1, -0.05) is 37.3 Å². The van der Waals surface area contributed by atoms with Gasteiger partial charge in [-0.3, -0.25) is 14.6 Å². The number of amides is 2. The Labute approximate surface area is 172 Å². The standard InChI is InChI=1S/C23H29N3O3/c1-4-7-21(27)26-12-13-29-23(17-26,22(28)25(2)3)15-18-8-5-9-19(14-18)20-10-6-11-24-16-20/h5-6,8-11,14,16H,4,7,12-13,15,17H2,1-3H3/t23-/m0/s1. The summed E-state index contributed by atoms with van der Waals surface area (Å²) >= 11 is 0. The van der Waals surface area contributed by atoms with Crippen molar-refractivity contribution in [1.82, 2.24) is 14.8 Å². The predicted octanol–water partition coefficient (Wildman–Crippen LogP) is 2.78. The van der Waals surface area contributed by atoms with Crippen molar-refractivity contribution in [2.75, 3.05) is 33.8 Å². The summed E-state index contributed by atoms with van der Waals surface area (Å²) in [5, 5.41) is 0. The normalized spacial score (nSPS) is 19.1. The van der Waals surface area contributed by atoms with Crippen molar-refractivity contribution < 1.29 is 14.3 Å². The lowest BCUT2D eigenvalue weighted by molar-refractivity contribution is -0.172. The molecule has 0 saturated carbocycles. The molecule has 0 spiro atoms.